The minimum atomic E-state index is 0.919. The molecule has 0 spiro atoms. The molecule has 0 radical (unpaired) electrons. The third-order valence-corrected chi connectivity index (χ3v) is 9.09. The Labute approximate surface area is 232 Å². The summed E-state index contributed by atoms with van der Waals surface area (Å²) in [5.41, 5.74) is 6.31. The summed E-state index contributed by atoms with van der Waals surface area (Å²) < 4.78 is 4.76. The highest BCUT2D eigenvalue weighted by Crippen LogP contribution is 2.47. The van der Waals surface area contributed by atoms with Crippen molar-refractivity contribution in [1.82, 2.24) is 19.5 Å². The zero-order valence-electron chi connectivity index (χ0n) is 21.2. The molecule has 40 heavy (non-hydrogen) atoms. The quantitative estimate of drug-likeness (QED) is 0.225. The Kier molecular flexibility index (Phi) is 4.45. The first-order chi connectivity index (χ1) is 19.8. The van der Waals surface area contributed by atoms with E-state index in [4.69, 9.17) is 15.0 Å². The lowest BCUT2D eigenvalue weighted by atomic mass is 10.0. The summed E-state index contributed by atoms with van der Waals surface area (Å²) in [5.74, 6) is 0. The number of nitrogens with zero attached hydrogens (tertiary/aromatic N) is 4. The van der Waals surface area contributed by atoms with Crippen molar-refractivity contribution in [3.8, 4) is 16.8 Å². The monoisotopic (exact) mass is 528 g/mol. The van der Waals surface area contributed by atoms with Crippen molar-refractivity contribution in [2.45, 2.75) is 0 Å². The SMILES string of the molecule is c1ccc2cc(-c3cncc(-n4c5ncccc5c5c6cccnc6c6sc7ccccc7c6c54)c3)ccc2c1. The van der Waals surface area contributed by atoms with E-state index in [1.54, 1.807) is 0 Å². The lowest BCUT2D eigenvalue weighted by Gasteiger charge is -2.11. The molecule has 4 aromatic carbocycles. The first-order valence-electron chi connectivity index (χ1n) is 13.3. The van der Waals surface area contributed by atoms with Crippen molar-refractivity contribution >= 4 is 75.1 Å². The average Bonchev–Trinajstić information content (AvgIpc) is 3.58. The summed E-state index contributed by atoms with van der Waals surface area (Å²) >= 11 is 1.81. The molecule has 5 aromatic heterocycles. The topological polar surface area (TPSA) is 43.6 Å². The molecule has 9 aromatic rings. The van der Waals surface area contributed by atoms with Crippen molar-refractivity contribution in [1.29, 1.82) is 0 Å². The maximum absolute atomic E-state index is 4.93. The number of pyridine rings is 3. The van der Waals surface area contributed by atoms with Crippen LogP contribution in [0.5, 0.6) is 0 Å². The van der Waals surface area contributed by atoms with E-state index in [0.29, 0.717) is 0 Å². The molecule has 0 fully saturated rings. The van der Waals surface area contributed by atoms with E-state index < -0.39 is 0 Å². The van der Waals surface area contributed by atoms with Gasteiger partial charge in [-0.1, -0.05) is 60.7 Å². The Bertz CT molecular complexity index is 2450. The predicted molar refractivity (Wildman–Crippen MR) is 168 cm³/mol. The zero-order valence-corrected chi connectivity index (χ0v) is 22.1. The molecule has 5 heteroatoms. The van der Waals surface area contributed by atoms with Gasteiger partial charge in [-0.05, 0) is 52.7 Å². The van der Waals surface area contributed by atoms with Crippen LogP contribution in [-0.4, -0.2) is 19.5 Å². The van der Waals surface area contributed by atoms with Crippen LogP contribution in [0.2, 0.25) is 0 Å². The molecule has 0 saturated carbocycles. The molecular weight excluding hydrogens is 508 g/mol. The molecule has 5 heterocycles. The molecule has 0 atom stereocenters. The lowest BCUT2D eigenvalue weighted by molar-refractivity contribution is 1.11. The number of aromatic nitrogens is 4. The van der Waals surface area contributed by atoms with Crippen molar-refractivity contribution in [3.63, 3.8) is 0 Å². The highest BCUT2D eigenvalue weighted by molar-refractivity contribution is 7.26. The fraction of sp³-hybridized carbons (Fsp3) is 0. The second kappa shape index (κ2) is 8.18. The largest absolute Gasteiger partial charge is 0.292 e. The summed E-state index contributed by atoms with van der Waals surface area (Å²) in [6, 6.07) is 34.4. The molecule has 0 saturated heterocycles. The van der Waals surface area contributed by atoms with E-state index >= 15 is 0 Å². The van der Waals surface area contributed by atoms with Gasteiger partial charge in [-0.25, -0.2) is 4.98 Å². The van der Waals surface area contributed by atoms with Gasteiger partial charge in [-0.15, -0.1) is 11.3 Å². The van der Waals surface area contributed by atoms with Crippen molar-refractivity contribution in [2.24, 2.45) is 0 Å². The summed E-state index contributed by atoms with van der Waals surface area (Å²) in [6.07, 6.45) is 7.67. The highest BCUT2D eigenvalue weighted by Gasteiger charge is 2.23. The van der Waals surface area contributed by atoms with E-state index in [9.17, 15) is 0 Å². The first kappa shape index (κ1) is 21.8. The highest BCUT2D eigenvalue weighted by atomic mass is 32.1. The Morgan fingerprint density at radius 3 is 2.35 bits per heavy atom. The fourth-order valence-corrected chi connectivity index (χ4v) is 7.40. The van der Waals surface area contributed by atoms with Crippen LogP contribution in [0.4, 0.5) is 0 Å². The maximum Gasteiger partial charge on any atom is 0.145 e. The van der Waals surface area contributed by atoms with E-state index in [1.807, 2.05) is 48.3 Å². The second-order valence-electron chi connectivity index (χ2n) is 10.1. The minimum absolute atomic E-state index is 0.919. The van der Waals surface area contributed by atoms with Crippen LogP contribution >= 0.6 is 11.3 Å². The van der Waals surface area contributed by atoms with Gasteiger partial charge in [0, 0.05) is 55.8 Å². The van der Waals surface area contributed by atoms with E-state index in [2.05, 4.69) is 89.5 Å². The summed E-state index contributed by atoms with van der Waals surface area (Å²) in [7, 11) is 0. The molecule has 0 amide bonds. The van der Waals surface area contributed by atoms with Gasteiger partial charge in [0.2, 0.25) is 0 Å². The molecular formula is C35H20N4S. The fourth-order valence-electron chi connectivity index (χ4n) is 6.19. The van der Waals surface area contributed by atoms with Crippen LogP contribution < -0.4 is 0 Å². The molecule has 0 bridgehead atoms. The number of hydrogen-bond acceptors (Lipinski definition) is 4. The standard InChI is InChI=1S/C35H20N4S/c1-2-8-22-17-23(14-13-21(22)7-1)24-18-25(20-36-19-24)39-33-30(28-11-6-16-38-35(28)39)27-10-5-15-37-32(27)34-31(33)26-9-3-4-12-29(26)40-34/h1-20H. The Hall–Kier alpha value is -5.13. The number of fused-ring (bicyclic) bond motifs is 11. The summed E-state index contributed by atoms with van der Waals surface area (Å²) in [4.78, 5) is 14.6. The van der Waals surface area contributed by atoms with Crippen molar-refractivity contribution in [3.05, 3.63) is 122 Å². The molecule has 0 aliphatic carbocycles. The number of hydrogen-bond donors (Lipinski definition) is 0. The third kappa shape index (κ3) is 2.98. The van der Waals surface area contributed by atoms with Crippen LogP contribution in [-0.2, 0) is 0 Å². The molecule has 186 valence electrons. The summed E-state index contributed by atoms with van der Waals surface area (Å²) in [5, 5.41) is 8.34. The second-order valence-corrected chi connectivity index (χ2v) is 11.2. The molecule has 9 rings (SSSR count). The van der Waals surface area contributed by atoms with Crippen LogP contribution in [0.1, 0.15) is 0 Å². The zero-order chi connectivity index (χ0) is 26.2. The van der Waals surface area contributed by atoms with Crippen molar-refractivity contribution in [2.75, 3.05) is 0 Å². The van der Waals surface area contributed by atoms with Gasteiger partial charge in [-0.2, -0.15) is 0 Å². The van der Waals surface area contributed by atoms with Gasteiger partial charge < -0.3 is 0 Å². The Balaban J connectivity index is 1.44. The predicted octanol–water partition coefficient (Wildman–Crippen LogP) is 9.31. The lowest BCUT2D eigenvalue weighted by Crippen LogP contribution is -1.97. The van der Waals surface area contributed by atoms with Gasteiger partial charge in [0.25, 0.3) is 0 Å². The van der Waals surface area contributed by atoms with Gasteiger partial charge in [0.1, 0.15) is 5.65 Å². The van der Waals surface area contributed by atoms with Crippen LogP contribution in [0, 0.1) is 0 Å². The minimum Gasteiger partial charge on any atom is -0.292 e. The smallest absolute Gasteiger partial charge is 0.145 e. The van der Waals surface area contributed by atoms with E-state index in [0.717, 1.165) is 44.3 Å². The molecule has 4 nitrogen and oxygen atoms in total. The molecule has 0 unspecified atom stereocenters. The Morgan fingerprint density at radius 2 is 1.40 bits per heavy atom. The third-order valence-electron chi connectivity index (χ3n) is 7.92. The normalized spacial score (nSPS) is 12.0. The van der Waals surface area contributed by atoms with Gasteiger partial charge in [0.05, 0.1) is 27.6 Å². The van der Waals surface area contributed by atoms with Gasteiger partial charge >= 0.3 is 0 Å². The summed E-state index contributed by atoms with van der Waals surface area (Å²) in [6.45, 7) is 0. The first-order valence-corrected chi connectivity index (χ1v) is 14.1. The molecule has 0 aliphatic rings. The van der Waals surface area contributed by atoms with Crippen LogP contribution in [0.25, 0.3) is 80.6 Å². The van der Waals surface area contributed by atoms with Crippen molar-refractivity contribution < 1.29 is 0 Å². The van der Waals surface area contributed by atoms with E-state index in [1.165, 1.54) is 36.3 Å². The number of rotatable bonds is 2. The maximum atomic E-state index is 4.93. The number of thiophene rings is 1. The Morgan fingerprint density at radius 1 is 0.600 bits per heavy atom. The van der Waals surface area contributed by atoms with Crippen LogP contribution in [0.15, 0.2) is 122 Å². The average molecular weight is 529 g/mol. The molecule has 0 aliphatic heterocycles. The molecule has 0 N–H and O–H groups in total. The number of benzene rings is 4. The van der Waals surface area contributed by atoms with Gasteiger partial charge in [0.15, 0.2) is 0 Å². The van der Waals surface area contributed by atoms with Gasteiger partial charge in [-0.3, -0.25) is 14.5 Å². The van der Waals surface area contributed by atoms with E-state index in [-0.39, 0.29) is 0 Å². The van der Waals surface area contributed by atoms with Crippen LogP contribution in [0.3, 0.4) is 0 Å².